The van der Waals surface area contributed by atoms with Gasteiger partial charge in [-0.3, -0.25) is 0 Å². The van der Waals surface area contributed by atoms with Crippen LogP contribution < -0.4 is 11.1 Å². The van der Waals surface area contributed by atoms with E-state index in [4.69, 9.17) is 15.7 Å². The van der Waals surface area contributed by atoms with Gasteiger partial charge in [0.05, 0.1) is 16.8 Å². The number of anilines is 1. The van der Waals surface area contributed by atoms with Gasteiger partial charge in [-0.1, -0.05) is 72.8 Å². The van der Waals surface area contributed by atoms with E-state index in [0.29, 0.717) is 35.0 Å². The van der Waals surface area contributed by atoms with E-state index in [1.807, 2.05) is 60.7 Å². The van der Waals surface area contributed by atoms with E-state index in [1.54, 1.807) is 6.07 Å². The minimum Gasteiger partial charge on any atom is -0.369 e. The van der Waals surface area contributed by atoms with Gasteiger partial charge in [0.2, 0.25) is 0 Å². The first-order chi connectivity index (χ1) is 20.4. The highest BCUT2D eigenvalue weighted by Crippen LogP contribution is 2.39. The Labute approximate surface area is 245 Å². The summed E-state index contributed by atoms with van der Waals surface area (Å²) in [7, 11) is 0. The minimum absolute atomic E-state index is 0.388. The van der Waals surface area contributed by atoms with E-state index >= 15 is 0 Å². The maximum absolute atomic E-state index is 13.7. The Hall–Kier alpha value is -3.79. The molecule has 42 heavy (non-hydrogen) atoms. The van der Waals surface area contributed by atoms with Crippen molar-refractivity contribution in [1.82, 2.24) is 19.8 Å². The Balaban J connectivity index is 1.45. The van der Waals surface area contributed by atoms with Crippen LogP contribution in [-0.4, -0.2) is 72.1 Å². The van der Waals surface area contributed by atoms with E-state index < -0.39 is 11.7 Å². The molecule has 0 radical (unpaired) electrons. The van der Waals surface area contributed by atoms with Gasteiger partial charge in [-0.05, 0) is 50.2 Å². The van der Waals surface area contributed by atoms with E-state index in [2.05, 4.69) is 15.1 Å². The average Bonchev–Trinajstić information content (AvgIpc) is 3.03. The van der Waals surface area contributed by atoms with Gasteiger partial charge in [-0.2, -0.15) is 13.2 Å². The number of alkyl halides is 3. The van der Waals surface area contributed by atoms with Crippen LogP contribution in [0.15, 0.2) is 84.9 Å². The Bertz CT molecular complexity index is 1420. The average molecular weight is 575 g/mol. The summed E-state index contributed by atoms with van der Waals surface area (Å²) in [5, 5.41) is 3.53. The first-order valence-electron chi connectivity index (χ1n) is 14.5. The molecule has 0 amide bonds. The number of nitrogens with two attached hydrogens (primary N) is 1. The number of benzene rings is 3. The normalized spacial score (nSPS) is 14.7. The molecule has 1 saturated heterocycles. The van der Waals surface area contributed by atoms with Crippen LogP contribution >= 0.6 is 0 Å². The fraction of sp³-hybridized carbons (Fsp3) is 0.333. The highest BCUT2D eigenvalue weighted by molar-refractivity contribution is 5.89. The van der Waals surface area contributed by atoms with Crippen molar-refractivity contribution in [2.75, 3.05) is 57.7 Å². The highest BCUT2D eigenvalue weighted by atomic mass is 19.4. The maximum atomic E-state index is 13.7. The Morgan fingerprint density at radius 3 is 1.93 bits per heavy atom. The number of rotatable bonds is 11. The van der Waals surface area contributed by atoms with Crippen LogP contribution in [0.3, 0.4) is 0 Å². The second-order valence-corrected chi connectivity index (χ2v) is 10.5. The molecule has 0 saturated carbocycles. The predicted molar refractivity (Wildman–Crippen MR) is 163 cm³/mol. The van der Waals surface area contributed by atoms with Gasteiger partial charge in [-0.15, -0.1) is 0 Å². The van der Waals surface area contributed by atoms with Crippen LogP contribution in [0.1, 0.15) is 18.4 Å². The van der Waals surface area contributed by atoms with Crippen molar-refractivity contribution < 1.29 is 13.2 Å². The number of hydrogen-bond donors (Lipinski definition) is 2. The molecule has 3 aromatic carbocycles. The summed E-state index contributed by atoms with van der Waals surface area (Å²) in [5.74, 6) is 1.06. The third-order valence-electron chi connectivity index (χ3n) is 7.55. The Kier molecular flexibility index (Phi) is 9.84. The summed E-state index contributed by atoms with van der Waals surface area (Å²) in [5.41, 5.74) is 8.10. The molecule has 1 fully saturated rings. The van der Waals surface area contributed by atoms with Gasteiger partial charge in [0, 0.05) is 43.9 Å². The number of halogens is 3. The summed E-state index contributed by atoms with van der Waals surface area (Å²) < 4.78 is 41.1. The molecule has 0 spiro atoms. The smallest absolute Gasteiger partial charge is 0.369 e. The van der Waals surface area contributed by atoms with Crippen LogP contribution in [0.25, 0.3) is 33.8 Å². The van der Waals surface area contributed by atoms with Gasteiger partial charge in [0.1, 0.15) is 5.82 Å². The molecule has 6 nitrogen and oxygen atoms in total. The minimum atomic E-state index is -4.46. The van der Waals surface area contributed by atoms with Crippen LogP contribution in [0.4, 0.5) is 19.0 Å². The lowest BCUT2D eigenvalue weighted by Crippen LogP contribution is -2.47. The fourth-order valence-electron chi connectivity index (χ4n) is 5.30. The molecule has 0 unspecified atom stereocenters. The van der Waals surface area contributed by atoms with E-state index in [1.165, 1.54) is 12.1 Å². The Morgan fingerprint density at radius 1 is 0.714 bits per heavy atom. The number of nitrogens with one attached hydrogen (secondary N) is 1. The summed E-state index contributed by atoms with van der Waals surface area (Å²) in [6.07, 6.45) is -2.53. The Morgan fingerprint density at radius 2 is 1.31 bits per heavy atom. The molecule has 5 rings (SSSR count). The van der Waals surface area contributed by atoms with Crippen LogP contribution in [0.2, 0.25) is 0 Å². The van der Waals surface area contributed by atoms with E-state index in [0.717, 1.165) is 75.8 Å². The van der Waals surface area contributed by atoms with Crippen LogP contribution in [0, 0.1) is 0 Å². The molecule has 1 aliphatic heterocycles. The van der Waals surface area contributed by atoms with Crippen molar-refractivity contribution in [2.45, 2.75) is 19.0 Å². The third-order valence-corrected chi connectivity index (χ3v) is 7.55. The zero-order chi connectivity index (χ0) is 29.4. The number of nitrogens with zero attached hydrogens (tertiary/aromatic N) is 4. The van der Waals surface area contributed by atoms with Gasteiger partial charge < -0.3 is 20.9 Å². The zero-order valence-corrected chi connectivity index (χ0v) is 23.7. The number of aromatic nitrogens is 2. The topological polar surface area (TPSA) is 70.3 Å². The van der Waals surface area contributed by atoms with Crippen LogP contribution in [-0.2, 0) is 6.18 Å². The lowest BCUT2D eigenvalue weighted by molar-refractivity contribution is -0.137. The summed E-state index contributed by atoms with van der Waals surface area (Å²) in [4.78, 5) is 14.7. The number of hydrogen-bond acceptors (Lipinski definition) is 6. The lowest BCUT2D eigenvalue weighted by atomic mass is 9.97. The van der Waals surface area contributed by atoms with Gasteiger partial charge in [0.25, 0.3) is 0 Å². The van der Waals surface area contributed by atoms with Gasteiger partial charge in [-0.25, -0.2) is 9.97 Å². The second kappa shape index (κ2) is 13.9. The van der Waals surface area contributed by atoms with Gasteiger partial charge in [0.15, 0.2) is 5.82 Å². The highest BCUT2D eigenvalue weighted by Gasteiger charge is 2.31. The van der Waals surface area contributed by atoms with Crippen molar-refractivity contribution in [3.8, 4) is 33.8 Å². The van der Waals surface area contributed by atoms with E-state index in [9.17, 15) is 13.2 Å². The molecule has 220 valence electrons. The summed E-state index contributed by atoms with van der Waals surface area (Å²) >= 11 is 0. The first-order valence-corrected chi connectivity index (χ1v) is 14.5. The van der Waals surface area contributed by atoms with Crippen molar-refractivity contribution in [1.29, 1.82) is 0 Å². The lowest BCUT2D eigenvalue weighted by Gasteiger charge is -2.34. The molecule has 2 heterocycles. The van der Waals surface area contributed by atoms with Crippen molar-refractivity contribution >= 4 is 5.82 Å². The molecular formula is C33H37F3N6. The largest absolute Gasteiger partial charge is 0.416 e. The SMILES string of the molecule is NCCCN1CCN(CCCNc2nc(-c3ccccc3)nc(-c3cccc(C(F)(F)F)c3)c2-c2ccccc2)CC1. The fourth-order valence-corrected chi connectivity index (χ4v) is 5.30. The summed E-state index contributed by atoms with van der Waals surface area (Å²) in [6, 6.07) is 24.5. The molecule has 4 aromatic rings. The molecular weight excluding hydrogens is 537 g/mol. The first kappa shape index (κ1) is 29.7. The molecule has 0 aliphatic carbocycles. The standard InChI is InChI=1S/C33H37F3N6/c34-33(35,36)28-15-7-14-27(24-28)30-29(25-10-3-1-4-11-25)32(40-31(39-30)26-12-5-2-6-13-26)38-17-9-19-42-22-20-41(21-23-42)18-8-16-37/h1-7,10-15,24H,8-9,16-23,37H2,(H,38,39,40). The molecule has 0 bridgehead atoms. The molecule has 9 heteroatoms. The second-order valence-electron chi connectivity index (χ2n) is 10.5. The maximum Gasteiger partial charge on any atom is 0.416 e. The number of piperazine rings is 1. The van der Waals surface area contributed by atoms with Crippen LogP contribution in [0.5, 0.6) is 0 Å². The quantitative estimate of drug-likeness (QED) is 0.206. The molecule has 0 atom stereocenters. The monoisotopic (exact) mass is 574 g/mol. The predicted octanol–water partition coefficient (Wildman–Crippen LogP) is 6.26. The molecule has 1 aromatic heterocycles. The summed E-state index contributed by atoms with van der Waals surface area (Å²) in [6.45, 7) is 7.57. The zero-order valence-electron chi connectivity index (χ0n) is 23.7. The van der Waals surface area contributed by atoms with Gasteiger partial charge >= 0.3 is 6.18 Å². The van der Waals surface area contributed by atoms with Crippen molar-refractivity contribution in [2.24, 2.45) is 5.73 Å². The van der Waals surface area contributed by atoms with Crippen molar-refractivity contribution in [3.63, 3.8) is 0 Å². The molecule has 1 aliphatic rings. The van der Waals surface area contributed by atoms with E-state index in [-0.39, 0.29) is 0 Å². The molecule has 3 N–H and O–H groups in total. The third kappa shape index (κ3) is 7.53. The van der Waals surface area contributed by atoms with Crippen molar-refractivity contribution in [3.05, 3.63) is 90.5 Å².